The van der Waals surface area contributed by atoms with E-state index in [1.165, 1.54) is 6.08 Å². The fourth-order valence-corrected chi connectivity index (χ4v) is 1.44. The number of amides is 3. The van der Waals surface area contributed by atoms with Crippen LogP contribution in [-0.2, 0) is 14.3 Å². The molecule has 0 aliphatic carbocycles. The summed E-state index contributed by atoms with van der Waals surface area (Å²) in [5.74, 6) is -0.970. The summed E-state index contributed by atoms with van der Waals surface area (Å²) in [6.07, 6.45) is 2.51. The van der Waals surface area contributed by atoms with Crippen molar-refractivity contribution >= 4 is 39.9 Å². The largest absolute Gasteiger partial charge is 0.452 e. The van der Waals surface area contributed by atoms with Gasteiger partial charge in [-0.2, -0.15) is 0 Å². The van der Waals surface area contributed by atoms with Gasteiger partial charge in [-0.15, -0.1) is 0 Å². The molecule has 0 spiro atoms. The van der Waals surface area contributed by atoms with Crippen molar-refractivity contribution in [2.75, 3.05) is 13.2 Å². The van der Waals surface area contributed by atoms with Crippen molar-refractivity contribution in [2.24, 2.45) is 0 Å². The number of furan rings is 1. The number of halogens is 1. The van der Waals surface area contributed by atoms with Gasteiger partial charge < -0.3 is 14.5 Å². The second kappa shape index (κ2) is 8.16. The molecule has 8 heteroatoms. The lowest BCUT2D eigenvalue weighted by atomic mass is 10.4. The molecule has 0 saturated carbocycles. The van der Waals surface area contributed by atoms with Gasteiger partial charge in [0.05, 0.1) is 0 Å². The fourth-order valence-electron chi connectivity index (χ4n) is 1.12. The van der Waals surface area contributed by atoms with Gasteiger partial charge >= 0.3 is 12.0 Å². The van der Waals surface area contributed by atoms with Gasteiger partial charge in [0, 0.05) is 12.6 Å². The molecule has 0 bridgehead atoms. The highest BCUT2D eigenvalue weighted by molar-refractivity contribution is 9.10. The van der Waals surface area contributed by atoms with E-state index in [4.69, 9.17) is 4.42 Å². The zero-order valence-electron chi connectivity index (χ0n) is 10.6. The number of imide groups is 1. The highest BCUT2D eigenvalue weighted by Gasteiger charge is 2.08. The third-order valence-electron chi connectivity index (χ3n) is 1.91. The first-order chi connectivity index (χ1) is 9.51. The Bertz CT molecular complexity index is 524. The molecule has 108 valence electrons. The zero-order valence-corrected chi connectivity index (χ0v) is 12.2. The third-order valence-corrected chi connectivity index (χ3v) is 2.34. The van der Waals surface area contributed by atoms with Crippen molar-refractivity contribution in [3.8, 4) is 0 Å². The summed E-state index contributed by atoms with van der Waals surface area (Å²) in [6.45, 7) is 1.56. The Morgan fingerprint density at radius 2 is 2.15 bits per heavy atom. The van der Waals surface area contributed by atoms with Gasteiger partial charge in [-0.05, 0) is 41.1 Å². The van der Waals surface area contributed by atoms with Crippen molar-refractivity contribution in [3.05, 3.63) is 28.6 Å². The maximum absolute atomic E-state index is 11.3. The number of carbonyl (C=O) groups excluding carboxylic acids is 3. The van der Waals surface area contributed by atoms with E-state index < -0.39 is 24.5 Å². The van der Waals surface area contributed by atoms with Gasteiger partial charge in [0.1, 0.15) is 5.76 Å². The number of hydrogen-bond donors (Lipinski definition) is 2. The average molecular weight is 345 g/mol. The van der Waals surface area contributed by atoms with Crippen molar-refractivity contribution in [1.29, 1.82) is 0 Å². The van der Waals surface area contributed by atoms with E-state index >= 15 is 0 Å². The van der Waals surface area contributed by atoms with Gasteiger partial charge in [0.15, 0.2) is 11.3 Å². The third kappa shape index (κ3) is 6.19. The molecule has 1 rings (SSSR count). The monoisotopic (exact) mass is 344 g/mol. The van der Waals surface area contributed by atoms with Crippen molar-refractivity contribution in [2.45, 2.75) is 6.92 Å². The summed E-state index contributed by atoms with van der Waals surface area (Å²) in [5.41, 5.74) is 0. The lowest BCUT2D eigenvalue weighted by molar-refractivity contribution is -0.143. The number of rotatable bonds is 5. The molecule has 1 aromatic rings. The standard InChI is InChI=1S/C12H13BrN2O5/c1-2-14-12(18)15-10(16)7-19-11(17)6-4-8-3-5-9(13)20-8/h3-6H,2,7H2,1H3,(H2,14,15,16,18)/b6-4+. The number of hydrogen-bond acceptors (Lipinski definition) is 5. The molecule has 1 aromatic heterocycles. The molecule has 3 amide bonds. The lowest BCUT2D eigenvalue weighted by Crippen LogP contribution is -2.41. The minimum Gasteiger partial charge on any atom is -0.452 e. The topological polar surface area (TPSA) is 97.6 Å². The lowest BCUT2D eigenvalue weighted by Gasteiger charge is -2.04. The minimum atomic E-state index is -0.719. The summed E-state index contributed by atoms with van der Waals surface area (Å²) in [5, 5.41) is 4.37. The quantitative estimate of drug-likeness (QED) is 0.622. The normalized spacial score (nSPS) is 10.3. The minimum absolute atomic E-state index is 0.389. The first-order valence-corrected chi connectivity index (χ1v) is 6.48. The van der Waals surface area contributed by atoms with Crippen LogP contribution >= 0.6 is 15.9 Å². The van der Waals surface area contributed by atoms with E-state index in [2.05, 4.69) is 26.0 Å². The second-order valence-electron chi connectivity index (χ2n) is 3.49. The van der Waals surface area contributed by atoms with Gasteiger partial charge in [0.25, 0.3) is 5.91 Å². The highest BCUT2D eigenvalue weighted by atomic mass is 79.9. The predicted molar refractivity (Wildman–Crippen MR) is 73.6 cm³/mol. The van der Waals surface area contributed by atoms with Crippen LogP contribution in [0.2, 0.25) is 0 Å². The summed E-state index contributed by atoms with van der Waals surface area (Å²) in [4.78, 5) is 33.5. The Morgan fingerprint density at radius 3 is 2.75 bits per heavy atom. The molecular formula is C12H13BrN2O5. The van der Waals surface area contributed by atoms with Gasteiger partial charge in [-0.1, -0.05) is 0 Å². The first kappa shape index (κ1) is 16.0. The Hall–Kier alpha value is -2.09. The van der Waals surface area contributed by atoms with Crippen LogP contribution in [0.15, 0.2) is 27.3 Å². The van der Waals surface area contributed by atoms with E-state index in [1.54, 1.807) is 19.1 Å². The van der Waals surface area contributed by atoms with Crippen LogP contribution in [0, 0.1) is 0 Å². The highest BCUT2D eigenvalue weighted by Crippen LogP contribution is 2.14. The van der Waals surface area contributed by atoms with Crippen molar-refractivity contribution in [3.63, 3.8) is 0 Å². The molecule has 7 nitrogen and oxygen atoms in total. The van der Waals surface area contributed by atoms with E-state index in [0.717, 1.165) is 6.08 Å². The molecule has 0 fully saturated rings. The summed E-state index contributed by atoms with van der Waals surface area (Å²) >= 11 is 3.12. The molecule has 0 aromatic carbocycles. The van der Waals surface area contributed by atoms with Crippen LogP contribution < -0.4 is 10.6 Å². The van der Waals surface area contributed by atoms with Gasteiger partial charge in [0.2, 0.25) is 0 Å². The number of esters is 1. The molecule has 0 aliphatic rings. The molecule has 0 aliphatic heterocycles. The summed E-state index contributed by atoms with van der Waals surface area (Å²) < 4.78 is 10.3. The smallest absolute Gasteiger partial charge is 0.331 e. The molecule has 20 heavy (non-hydrogen) atoms. The molecule has 1 heterocycles. The van der Waals surface area contributed by atoms with E-state index in [1.807, 2.05) is 5.32 Å². The zero-order chi connectivity index (χ0) is 15.0. The maximum atomic E-state index is 11.3. The van der Waals surface area contributed by atoms with Gasteiger partial charge in [-0.3, -0.25) is 10.1 Å². The van der Waals surface area contributed by atoms with Crippen LogP contribution in [0.3, 0.4) is 0 Å². The van der Waals surface area contributed by atoms with Crippen molar-refractivity contribution in [1.82, 2.24) is 10.6 Å². The Kier molecular flexibility index (Phi) is 6.51. The average Bonchev–Trinajstić information content (AvgIpc) is 2.80. The van der Waals surface area contributed by atoms with Crippen LogP contribution in [0.4, 0.5) is 4.79 Å². The summed E-state index contributed by atoms with van der Waals surface area (Å²) in [6, 6.07) is 2.69. The number of ether oxygens (including phenoxy) is 1. The molecule has 0 saturated heterocycles. The van der Waals surface area contributed by atoms with Crippen LogP contribution in [0.1, 0.15) is 12.7 Å². The van der Waals surface area contributed by atoms with Crippen LogP contribution in [0.25, 0.3) is 6.08 Å². The van der Waals surface area contributed by atoms with Crippen LogP contribution in [0.5, 0.6) is 0 Å². The first-order valence-electron chi connectivity index (χ1n) is 5.69. The summed E-state index contributed by atoms with van der Waals surface area (Å²) in [7, 11) is 0. The van der Waals surface area contributed by atoms with Crippen LogP contribution in [-0.4, -0.2) is 31.1 Å². The molecule has 0 radical (unpaired) electrons. The Morgan fingerprint density at radius 1 is 1.40 bits per heavy atom. The number of nitrogens with one attached hydrogen (secondary N) is 2. The maximum Gasteiger partial charge on any atom is 0.331 e. The predicted octanol–water partition coefficient (Wildman–Crippen LogP) is 1.44. The van der Waals surface area contributed by atoms with Crippen molar-refractivity contribution < 1.29 is 23.5 Å². The second-order valence-corrected chi connectivity index (χ2v) is 4.27. The Balaban J connectivity index is 2.31. The SMILES string of the molecule is CCNC(=O)NC(=O)COC(=O)/C=C/c1ccc(Br)o1. The fraction of sp³-hybridized carbons (Fsp3) is 0.250. The van der Waals surface area contributed by atoms with E-state index in [-0.39, 0.29) is 0 Å². The van der Waals surface area contributed by atoms with Gasteiger partial charge in [-0.25, -0.2) is 9.59 Å². The molecule has 0 atom stereocenters. The number of urea groups is 1. The molecule has 0 unspecified atom stereocenters. The molecule has 2 N–H and O–H groups in total. The Labute approximate surface area is 123 Å². The molecular weight excluding hydrogens is 332 g/mol. The van der Waals surface area contributed by atoms with E-state index in [9.17, 15) is 14.4 Å². The number of carbonyl (C=O) groups is 3. The van der Waals surface area contributed by atoms with E-state index in [0.29, 0.717) is 17.0 Å².